The number of carbonyl (C=O) groups excluding carboxylic acids is 1. The van der Waals surface area contributed by atoms with Gasteiger partial charge in [-0.2, -0.15) is 13.2 Å². The number of aromatic nitrogens is 1. The average molecular weight is 768 g/mol. The van der Waals surface area contributed by atoms with Crippen LogP contribution in [0.5, 0.6) is 0 Å². The van der Waals surface area contributed by atoms with Gasteiger partial charge in [-0.15, -0.1) is 11.8 Å². The topological polar surface area (TPSA) is 54.8 Å². The Morgan fingerprint density at radius 2 is 1.75 bits per heavy atom. The molecule has 1 aliphatic heterocycles. The second-order valence-electron chi connectivity index (χ2n) is 11.5. The normalized spacial score (nSPS) is 24.0. The van der Waals surface area contributed by atoms with E-state index >= 15 is 4.79 Å². The first kappa shape index (κ1) is 21.4. The molecular weight excluding hydrogens is 710 g/mol. The van der Waals surface area contributed by atoms with E-state index in [4.69, 9.17) is 17.8 Å². The first-order chi connectivity index (χ1) is 32.4. The van der Waals surface area contributed by atoms with E-state index in [0.29, 0.717) is 11.8 Å². The van der Waals surface area contributed by atoms with Gasteiger partial charge in [0.05, 0.1) is 36.4 Å². The maximum absolute atomic E-state index is 15.4. The van der Waals surface area contributed by atoms with Gasteiger partial charge >= 0.3 is 6.18 Å². The fourth-order valence-corrected chi connectivity index (χ4v) is 6.21. The highest BCUT2D eigenvalue weighted by Gasteiger charge is 2.31. The van der Waals surface area contributed by atoms with Crippen molar-refractivity contribution < 1.29 is 56.2 Å². The zero-order valence-corrected chi connectivity index (χ0v) is 28.4. The first-order valence-electron chi connectivity index (χ1n) is 24.6. The van der Waals surface area contributed by atoms with E-state index in [2.05, 4.69) is 4.74 Å². The summed E-state index contributed by atoms with van der Waals surface area (Å²) < 4.78 is 230. The van der Waals surface area contributed by atoms with Gasteiger partial charge in [-0.3, -0.25) is 9.59 Å². The molecule has 1 aromatic heterocycles. The number of rotatable bonds is 12. The Bertz CT molecular complexity index is 2930. The van der Waals surface area contributed by atoms with Gasteiger partial charge in [-0.05, 0) is 72.2 Å². The maximum Gasteiger partial charge on any atom is 0.416 e. The minimum Gasteiger partial charge on any atom is -0.383 e. The van der Waals surface area contributed by atoms with Crippen LogP contribution in [0.3, 0.4) is 0 Å². The highest BCUT2D eigenvalue weighted by molar-refractivity contribution is 7.98. The average Bonchev–Trinajstić information content (AvgIpc) is 3.26. The minimum atomic E-state index is -4.67. The molecule has 1 fully saturated rings. The van der Waals surface area contributed by atoms with Gasteiger partial charge in [0.2, 0.25) is 5.91 Å². The Labute approximate surface area is 334 Å². The minimum absolute atomic E-state index is 0.0753. The van der Waals surface area contributed by atoms with Crippen LogP contribution in [0.4, 0.5) is 22.0 Å². The third kappa shape index (κ3) is 9.17. The largest absolute Gasteiger partial charge is 0.416 e. The number of halogens is 5. The van der Waals surface area contributed by atoms with Crippen molar-refractivity contribution in [2.45, 2.75) is 55.7 Å². The van der Waals surface area contributed by atoms with Gasteiger partial charge < -0.3 is 19.1 Å². The second-order valence-corrected chi connectivity index (χ2v) is 12.4. The van der Waals surface area contributed by atoms with E-state index in [1.807, 2.05) is 0 Å². The summed E-state index contributed by atoms with van der Waals surface area (Å²) in [6.07, 6.45) is -13.1. The number of alkyl halides is 3. The number of likely N-dealkylation sites (tertiary alicyclic amines) is 1. The lowest BCUT2D eigenvalue weighted by molar-refractivity contribution is -0.137. The lowest BCUT2D eigenvalue weighted by atomic mass is 10.00. The summed E-state index contributed by atoms with van der Waals surface area (Å²) in [5.41, 5.74) is -3.06. The summed E-state index contributed by atoms with van der Waals surface area (Å²) in [6, 6.07) is 4.66. The fraction of sp³-hybridized carbons (Fsp3) is 0.317. The molecule has 53 heavy (non-hydrogen) atoms. The van der Waals surface area contributed by atoms with E-state index in [0.717, 1.165) is 47.0 Å². The molecule has 0 unspecified atom stereocenters. The number of amides is 1. The van der Waals surface area contributed by atoms with Gasteiger partial charge in [0.1, 0.15) is 6.54 Å². The maximum atomic E-state index is 15.4. The summed E-state index contributed by atoms with van der Waals surface area (Å²) in [6.45, 7) is -14.9. The van der Waals surface area contributed by atoms with Crippen LogP contribution in [0.1, 0.15) is 59.7 Å². The number of methoxy groups -OCH3 is 1. The number of piperidine rings is 1. The molecule has 12 heteroatoms. The Morgan fingerprint density at radius 1 is 1.06 bits per heavy atom. The third-order valence-corrected chi connectivity index (χ3v) is 8.95. The molecule has 2 heterocycles. The molecule has 1 aliphatic rings. The van der Waals surface area contributed by atoms with Crippen molar-refractivity contribution in [3.8, 4) is 11.1 Å². The van der Waals surface area contributed by atoms with Crippen molar-refractivity contribution in [3.63, 3.8) is 0 Å². The van der Waals surface area contributed by atoms with E-state index in [-0.39, 0.29) is 37.6 Å². The molecule has 5 aromatic rings. The van der Waals surface area contributed by atoms with Crippen molar-refractivity contribution in [3.05, 3.63) is 135 Å². The second kappa shape index (κ2) is 16.7. The number of pyridine rings is 1. The molecular formula is C41H40F5N3O3S. The van der Waals surface area contributed by atoms with Gasteiger partial charge in [0.15, 0.2) is 17.1 Å². The van der Waals surface area contributed by atoms with E-state index in [1.54, 1.807) is 0 Å². The number of ether oxygens (including phenoxy) is 1. The number of hydrogen-bond acceptors (Lipinski definition) is 5. The van der Waals surface area contributed by atoms with Crippen LogP contribution in [0.25, 0.3) is 22.0 Å². The predicted molar refractivity (Wildman–Crippen MR) is 198 cm³/mol. The highest BCUT2D eigenvalue weighted by Crippen LogP contribution is 2.32. The number of fused-ring (bicyclic) bond motifs is 1. The molecule has 0 saturated carbocycles. The van der Waals surface area contributed by atoms with E-state index in [1.165, 1.54) is 31.2 Å². The molecule has 6 nitrogen and oxygen atoms in total. The van der Waals surface area contributed by atoms with Crippen LogP contribution in [0, 0.1) is 18.6 Å². The van der Waals surface area contributed by atoms with Crippen LogP contribution in [0.15, 0.2) is 101 Å². The van der Waals surface area contributed by atoms with Crippen LogP contribution in [-0.4, -0.2) is 59.4 Å². The molecule has 0 aliphatic carbocycles. The van der Waals surface area contributed by atoms with Crippen molar-refractivity contribution in [1.29, 1.82) is 0 Å². The molecule has 6 rings (SSSR count). The smallest absolute Gasteiger partial charge is 0.383 e. The molecule has 0 spiro atoms. The summed E-state index contributed by atoms with van der Waals surface area (Å²) >= 11 is 0.441. The Kier molecular flexibility index (Phi) is 6.72. The molecule has 1 amide bonds. The van der Waals surface area contributed by atoms with Crippen molar-refractivity contribution in [1.82, 2.24) is 14.4 Å². The van der Waals surface area contributed by atoms with Gasteiger partial charge in [0, 0.05) is 72.9 Å². The Morgan fingerprint density at radius 3 is 2.43 bits per heavy atom. The number of thioether (sulfide) groups is 1. The summed E-state index contributed by atoms with van der Waals surface area (Å²) in [7, 11) is -3.55. The van der Waals surface area contributed by atoms with Gasteiger partial charge in [-0.1, -0.05) is 54.6 Å². The molecule has 278 valence electrons. The number of benzene rings is 4. The van der Waals surface area contributed by atoms with Crippen LogP contribution in [0.2, 0.25) is 0 Å². The van der Waals surface area contributed by atoms with Crippen molar-refractivity contribution in [2.75, 3.05) is 33.1 Å². The van der Waals surface area contributed by atoms with E-state index in [9.17, 15) is 33.6 Å². The van der Waals surface area contributed by atoms with Crippen LogP contribution >= 0.6 is 11.8 Å². The molecule has 0 radical (unpaired) electrons. The number of nitrogens with zero attached hydrogens (tertiary/aromatic N) is 3. The molecule has 0 atom stereocenters. The standard InChI is InChI=1S/C41H40F5N3O3S/c1-27-6-15-34-36(22-27)49(39(23-37(34)50)53-26-31-4-3-5-35(42)40(31)43)25-38(51)48(33-16-18-47(19-17-33)20-21-52-2)24-28-7-9-29(10-8-28)30-11-13-32(14-12-30)41(44,45)46/h3-15,22-23,33H,16-21,24-26H2,1-2H3/i2D3,6D,15D,16D2,17D2,18D2,19D2,21D2,22D,23D,33D. The zero-order chi connectivity index (χ0) is 53.6. The summed E-state index contributed by atoms with van der Waals surface area (Å²) in [5.74, 6) is -4.85. The van der Waals surface area contributed by atoms with E-state index < -0.39 is 146 Å². The van der Waals surface area contributed by atoms with Crippen molar-refractivity contribution in [2.24, 2.45) is 0 Å². The monoisotopic (exact) mass is 767 g/mol. The lowest BCUT2D eigenvalue weighted by Gasteiger charge is -2.39. The van der Waals surface area contributed by atoms with Crippen LogP contribution in [-0.2, 0) is 34.6 Å². The summed E-state index contributed by atoms with van der Waals surface area (Å²) in [5, 5.41) is -1.36. The SMILES string of the molecule is [2H]c1c(C)c([2H])c2c(c1[2H])c(=O)c([2H])c(SCc1cccc(F)c1F)n2CC(=O)N(Cc1ccc(-c2ccc(C(F)(F)F)cc2)cc1)C1([2H])C([2H])([2H])C([2H])([2H])N(CC([2H])([2H])OC([2H])([2H])[2H])C([2H])([2H])C1([2H])[2H]. The quantitative estimate of drug-likeness (QED) is 0.0940. The first-order valence-corrected chi connectivity index (χ1v) is 16.6. The van der Waals surface area contributed by atoms with Crippen molar-refractivity contribution >= 4 is 28.6 Å². The Hall–Kier alpha value is -4.52. The third-order valence-electron chi connectivity index (χ3n) is 7.89. The Balaban J connectivity index is 1.59. The lowest BCUT2D eigenvalue weighted by Crippen LogP contribution is -2.48. The molecule has 1 saturated heterocycles. The molecule has 4 aromatic carbocycles. The number of hydrogen-bond donors (Lipinski definition) is 0. The molecule has 0 N–H and O–H groups in total. The van der Waals surface area contributed by atoms with Gasteiger partial charge in [0.25, 0.3) is 0 Å². The van der Waals surface area contributed by atoms with Crippen LogP contribution < -0.4 is 5.43 Å². The predicted octanol–water partition coefficient (Wildman–Crippen LogP) is 8.71. The number of carbonyl (C=O) groups is 1. The summed E-state index contributed by atoms with van der Waals surface area (Å²) in [4.78, 5) is 29.0. The van der Waals surface area contributed by atoms with Gasteiger partial charge in [-0.25, -0.2) is 8.78 Å². The fourth-order valence-electron chi connectivity index (χ4n) is 5.21. The zero-order valence-electron chi connectivity index (χ0n) is 45.5. The highest BCUT2D eigenvalue weighted by atomic mass is 32.2. The molecule has 0 bridgehead atoms.